The lowest BCUT2D eigenvalue weighted by atomic mass is 10.0. The van der Waals surface area contributed by atoms with E-state index in [1.165, 1.54) is 4.31 Å². The van der Waals surface area contributed by atoms with Crippen molar-refractivity contribution in [2.75, 3.05) is 32.7 Å². The monoisotopic (exact) mass is 379 g/mol. The predicted octanol–water partition coefficient (Wildman–Crippen LogP) is 1.79. The molecular weight excluding hydrogens is 350 g/mol. The summed E-state index contributed by atoms with van der Waals surface area (Å²) < 4.78 is 27.2. The van der Waals surface area contributed by atoms with Crippen LogP contribution in [0.1, 0.15) is 44.6 Å². The molecule has 0 radical (unpaired) electrons. The van der Waals surface area contributed by atoms with E-state index in [9.17, 15) is 13.2 Å². The van der Waals surface area contributed by atoms with Crippen molar-refractivity contribution in [2.45, 2.75) is 50.0 Å². The molecule has 2 fully saturated rings. The van der Waals surface area contributed by atoms with Crippen LogP contribution in [0, 0.1) is 0 Å². The largest absolute Gasteiger partial charge is 0.340 e. The van der Waals surface area contributed by atoms with Gasteiger partial charge in [0.25, 0.3) is 0 Å². The van der Waals surface area contributed by atoms with Crippen molar-refractivity contribution in [2.24, 2.45) is 0 Å². The Labute approximate surface area is 156 Å². The van der Waals surface area contributed by atoms with E-state index in [1.807, 2.05) is 12.1 Å². The topological polar surface area (TPSA) is 69.7 Å². The molecule has 2 heterocycles. The molecule has 2 saturated heterocycles. The Morgan fingerprint density at radius 3 is 2.35 bits per heavy atom. The fraction of sp³-hybridized carbons (Fsp3) is 0.632. The van der Waals surface area contributed by atoms with Crippen molar-refractivity contribution in [3.63, 3.8) is 0 Å². The fourth-order valence-electron chi connectivity index (χ4n) is 3.62. The first-order valence-electron chi connectivity index (χ1n) is 9.49. The molecule has 0 saturated carbocycles. The highest BCUT2D eigenvalue weighted by atomic mass is 32.2. The van der Waals surface area contributed by atoms with Crippen LogP contribution in [-0.2, 0) is 14.8 Å². The molecular formula is C19H29N3O3S. The molecule has 1 aromatic rings. The SMILES string of the molecule is CC(C)c1ccc(S(=O)(=O)N2CCN(C(=O)CC3CCCN3)CC2)cc1. The van der Waals surface area contributed by atoms with E-state index in [0.717, 1.165) is 24.9 Å². The number of nitrogens with zero attached hydrogens (tertiary/aromatic N) is 2. The van der Waals surface area contributed by atoms with Gasteiger partial charge in [0.15, 0.2) is 0 Å². The summed E-state index contributed by atoms with van der Waals surface area (Å²) in [5.74, 6) is 0.499. The summed E-state index contributed by atoms with van der Waals surface area (Å²) in [5.41, 5.74) is 1.12. The van der Waals surface area contributed by atoms with Gasteiger partial charge in [0.1, 0.15) is 0 Å². The number of piperazine rings is 1. The summed E-state index contributed by atoms with van der Waals surface area (Å²) in [6, 6.07) is 7.42. The van der Waals surface area contributed by atoms with Gasteiger partial charge in [0.05, 0.1) is 4.90 Å². The zero-order chi connectivity index (χ0) is 18.7. The molecule has 2 aliphatic rings. The minimum absolute atomic E-state index is 0.128. The van der Waals surface area contributed by atoms with E-state index >= 15 is 0 Å². The molecule has 7 heteroatoms. The Morgan fingerprint density at radius 2 is 1.81 bits per heavy atom. The van der Waals surface area contributed by atoms with Crippen LogP contribution in [0.5, 0.6) is 0 Å². The third-order valence-corrected chi connectivity index (χ3v) is 7.27. The number of sulfonamides is 1. The Kier molecular flexibility index (Phi) is 5.99. The standard InChI is InChI=1S/C19H29N3O3S/c1-15(2)16-5-7-18(8-6-16)26(24,25)22-12-10-21(11-13-22)19(23)14-17-4-3-9-20-17/h5-8,15,17,20H,3-4,9-14H2,1-2H3. The molecule has 1 amide bonds. The fourth-order valence-corrected chi connectivity index (χ4v) is 5.04. The Morgan fingerprint density at radius 1 is 1.15 bits per heavy atom. The van der Waals surface area contributed by atoms with E-state index in [-0.39, 0.29) is 11.9 Å². The van der Waals surface area contributed by atoms with Gasteiger partial charge in [-0.2, -0.15) is 4.31 Å². The van der Waals surface area contributed by atoms with E-state index in [1.54, 1.807) is 17.0 Å². The molecule has 144 valence electrons. The van der Waals surface area contributed by atoms with Gasteiger partial charge in [-0.25, -0.2) is 8.42 Å². The van der Waals surface area contributed by atoms with Crippen molar-refractivity contribution in [1.82, 2.24) is 14.5 Å². The number of carbonyl (C=O) groups is 1. The number of carbonyl (C=O) groups excluding carboxylic acids is 1. The average Bonchev–Trinajstić information content (AvgIpc) is 3.15. The van der Waals surface area contributed by atoms with Crippen LogP contribution >= 0.6 is 0 Å². The lowest BCUT2D eigenvalue weighted by Crippen LogP contribution is -2.51. The van der Waals surface area contributed by atoms with E-state index in [2.05, 4.69) is 19.2 Å². The van der Waals surface area contributed by atoms with Gasteiger partial charge in [-0.05, 0) is 43.0 Å². The molecule has 0 spiro atoms. The van der Waals surface area contributed by atoms with Gasteiger partial charge < -0.3 is 10.2 Å². The highest BCUT2D eigenvalue weighted by Crippen LogP contribution is 2.21. The molecule has 1 unspecified atom stereocenters. The third kappa shape index (κ3) is 4.27. The second kappa shape index (κ2) is 8.06. The van der Waals surface area contributed by atoms with E-state index in [0.29, 0.717) is 43.4 Å². The summed E-state index contributed by atoms with van der Waals surface area (Å²) in [7, 11) is -3.49. The van der Waals surface area contributed by atoms with Gasteiger partial charge in [-0.1, -0.05) is 26.0 Å². The zero-order valence-corrected chi connectivity index (χ0v) is 16.5. The summed E-state index contributed by atoms with van der Waals surface area (Å²) in [6.45, 7) is 6.81. The van der Waals surface area contributed by atoms with E-state index in [4.69, 9.17) is 0 Å². The summed E-state index contributed by atoms with van der Waals surface area (Å²) in [6.07, 6.45) is 2.69. The molecule has 2 aliphatic heterocycles. The maximum absolute atomic E-state index is 12.8. The van der Waals surface area contributed by atoms with E-state index < -0.39 is 10.0 Å². The van der Waals surface area contributed by atoms with Gasteiger partial charge in [-0.15, -0.1) is 0 Å². The smallest absolute Gasteiger partial charge is 0.243 e. The predicted molar refractivity (Wildman–Crippen MR) is 102 cm³/mol. The van der Waals surface area contributed by atoms with Crippen molar-refractivity contribution in [3.05, 3.63) is 29.8 Å². The maximum atomic E-state index is 12.8. The minimum atomic E-state index is -3.49. The van der Waals surface area contributed by atoms with Crippen LogP contribution in [0.25, 0.3) is 0 Å². The summed E-state index contributed by atoms with van der Waals surface area (Å²) >= 11 is 0. The first kappa shape index (κ1) is 19.3. The maximum Gasteiger partial charge on any atom is 0.243 e. The first-order valence-corrected chi connectivity index (χ1v) is 10.9. The minimum Gasteiger partial charge on any atom is -0.340 e. The third-order valence-electron chi connectivity index (χ3n) is 5.36. The summed E-state index contributed by atoms with van der Waals surface area (Å²) in [5, 5.41) is 3.34. The number of benzene rings is 1. The number of rotatable bonds is 5. The van der Waals surface area contributed by atoms with Gasteiger partial charge in [0, 0.05) is 38.6 Å². The molecule has 1 N–H and O–H groups in total. The van der Waals surface area contributed by atoms with Gasteiger partial charge >= 0.3 is 0 Å². The molecule has 3 rings (SSSR count). The average molecular weight is 380 g/mol. The second-order valence-corrected chi connectivity index (χ2v) is 9.44. The van der Waals surface area contributed by atoms with Crippen LogP contribution in [0.15, 0.2) is 29.2 Å². The molecule has 0 bridgehead atoms. The van der Waals surface area contributed by atoms with Gasteiger partial charge in [0.2, 0.25) is 15.9 Å². The molecule has 1 aromatic carbocycles. The number of hydrogen-bond acceptors (Lipinski definition) is 4. The lowest BCUT2D eigenvalue weighted by molar-refractivity contribution is -0.132. The van der Waals surface area contributed by atoms with Crippen LogP contribution in [-0.4, -0.2) is 62.3 Å². The number of hydrogen-bond donors (Lipinski definition) is 1. The Hall–Kier alpha value is -1.44. The number of amides is 1. The molecule has 0 aliphatic carbocycles. The van der Waals surface area contributed by atoms with Gasteiger partial charge in [-0.3, -0.25) is 4.79 Å². The lowest BCUT2D eigenvalue weighted by Gasteiger charge is -2.34. The number of nitrogens with one attached hydrogen (secondary N) is 1. The molecule has 0 aromatic heterocycles. The van der Waals surface area contributed by atoms with Crippen molar-refractivity contribution in [3.8, 4) is 0 Å². The van der Waals surface area contributed by atoms with Crippen LogP contribution < -0.4 is 5.32 Å². The quantitative estimate of drug-likeness (QED) is 0.847. The van der Waals surface area contributed by atoms with Crippen LogP contribution in [0.3, 0.4) is 0 Å². The first-order chi connectivity index (χ1) is 12.4. The molecule has 6 nitrogen and oxygen atoms in total. The zero-order valence-electron chi connectivity index (χ0n) is 15.6. The van der Waals surface area contributed by atoms with Crippen LogP contribution in [0.2, 0.25) is 0 Å². The normalized spacial score (nSPS) is 22.1. The Bertz CT molecular complexity index is 717. The second-order valence-electron chi connectivity index (χ2n) is 7.51. The van der Waals surface area contributed by atoms with Crippen molar-refractivity contribution >= 4 is 15.9 Å². The van der Waals surface area contributed by atoms with Crippen LogP contribution in [0.4, 0.5) is 0 Å². The molecule has 26 heavy (non-hydrogen) atoms. The highest BCUT2D eigenvalue weighted by Gasteiger charge is 2.31. The Balaban J connectivity index is 1.58. The van der Waals surface area contributed by atoms with Crippen molar-refractivity contribution in [1.29, 1.82) is 0 Å². The summed E-state index contributed by atoms with van der Waals surface area (Å²) in [4.78, 5) is 14.5. The highest BCUT2D eigenvalue weighted by molar-refractivity contribution is 7.89. The molecule has 1 atom stereocenters. The van der Waals surface area contributed by atoms with Crippen molar-refractivity contribution < 1.29 is 13.2 Å².